The molecule has 0 fully saturated rings. The maximum atomic E-state index is 12.4. The maximum absolute atomic E-state index is 12.4. The lowest BCUT2D eigenvalue weighted by Crippen LogP contribution is -2.33. The molecular weight excluding hydrogens is 350 g/mol. The van der Waals surface area contributed by atoms with E-state index in [1.165, 1.54) is 16.0 Å². The van der Waals surface area contributed by atoms with Gasteiger partial charge in [0.2, 0.25) is 5.91 Å². The van der Waals surface area contributed by atoms with Crippen molar-refractivity contribution in [2.45, 2.75) is 32.9 Å². The zero-order chi connectivity index (χ0) is 18.5. The van der Waals surface area contributed by atoms with Gasteiger partial charge in [-0.3, -0.25) is 4.79 Å². The van der Waals surface area contributed by atoms with E-state index in [-0.39, 0.29) is 36.7 Å². The Kier molecular flexibility index (Phi) is 5.68. The molecule has 2 aromatic heterocycles. The first-order valence-corrected chi connectivity index (χ1v) is 9.38. The summed E-state index contributed by atoms with van der Waals surface area (Å²) in [5, 5.41) is 9.10. The number of aryl methyl sites for hydroxylation is 1. The Morgan fingerprint density at radius 1 is 1.23 bits per heavy atom. The minimum Gasteiger partial charge on any atom is -0.387 e. The molecule has 3 rings (SSSR count). The van der Waals surface area contributed by atoms with Crippen LogP contribution in [0, 0.1) is 5.92 Å². The molecule has 2 heterocycles. The van der Waals surface area contributed by atoms with Gasteiger partial charge in [0, 0.05) is 6.42 Å². The normalized spacial score (nSPS) is 12.3. The molecule has 3 aromatic rings. The average molecular weight is 371 g/mol. The fourth-order valence-electron chi connectivity index (χ4n) is 2.70. The highest BCUT2D eigenvalue weighted by atomic mass is 32.1. The number of amides is 1. The van der Waals surface area contributed by atoms with Crippen molar-refractivity contribution in [1.29, 1.82) is 0 Å². The fraction of sp³-hybridized carbons (Fsp3) is 0.316. The predicted octanol–water partition coefficient (Wildman–Crippen LogP) is 3.47. The first-order chi connectivity index (χ1) is 12.5. The molecule has 136 valence electrons. The van der Waals surface area contributed by atoms with E-state index >= 15 is 0 Å². The number of rotatable bonds is 7. The van der Waals surface area contributed by atoms with Crippen LogP contribution >= 0.6 is 11.3 Å². The van der Waals surface area contributed by atoms with Gasteiger partial charge in [-0.25, -0.2) is 4.79 Å². The lowest BCUT2D eigenvalue weighted by atomic mass is 9.96. The monoisotopic (exact) mass is 371 g/mol. The summed E-state index contributed by atoms with van der Waals surface area (Å²) in [5.41, 5.74) is 1.06. The van der Waals surface area contributed by atoms with Crippen LogP contribution in [0.4, 0.5) is 0 Å². The molecule has 0 aliphatic carbocycles. The maximum Gasteiger partial charge on any atom is 0.437 e. The number of carbonyl (C=O) groups is 1. The number of aromatic nitrogens is 2. The van der Waals surface area contributed by atoms with Gasteiger partial charge in [-0.15, -0.1) is 16.4 Å². The third kappa shape index (κ3) is 4.29. The second-order valence-corrected chi connectivity index (χ2v) is 7.27. The van der Waals surface area contributed by atoms with Crippen molar-refractivity contribution in [3.8, 4) is 10.8 Å². The number of carbonyl (C=O) groups excluding carboxylic acids is 1. The van der Waals surface area contributed by atoms with Crippen LogP contribution in [0.1, 0.15) is 31.9 Å². The van der Waals surface area contributed by atoms with Crippen LogP contribution in [0.15, 0.2) is 57.1 Å². The lowest BCUT2D eigenvalue weighted by molar-refractivity contribution is -0.122. The van der Waals surface area contributed by atoms with E-state index in [9.17, 15) is 9.59 Å². The van der Waals surface area contributed by atoms with Crippen LogP contribution in [0.2, 0.25) is 0 Å². The van der Waals surface area contributed by atoms with Crippen LogP contribution < -0.4 is 11.1 Å². The Morgan fingerprint density at radius 3 is 2.65 bits per heavy atom. The third-order valence-corrected chi connectivity index (χ3v) is 4.89. The van der Waals surface area contributed by atoms with Crippen molar-refractivity contribution in [2.24, 2.45) is 5.92 Å². The number of hydrogen-bond acceptors (Lipinski definition) is 5. The highest BCUT2D eigenvalue weighted by molar-refractivity contribution is 7.13. The third-order valence-electron chi connectivity index (χ3n) is 4.03. The summed E-state index contributed by atoms with van der Waals surface area (Å²) >= 11 is 1.44. The molecule has 26 heavy (non-hydrogen) atoms. The van der Waals surface area contributed by atoms with Crippen molar-refractivity contribution in [1.82, 2.24) is 15.1 Å². The Bertz CT molecular complexity index is 898. The molecule has 0 saturated heterocycles. The molecule has 1 atom stereocenters. The minimum absolute atomic E-state index is 0.0700. The van der Waals surface area contributed by atoms with Gasteiger partial charge in [-0.05, 0) is 22.9 Å². The van der Waals surface area contributed by atoms with Gasteiger partial charge in [0.05, 0.1) is 17.5 Å². The molecule has 0 radical (unpaired) electrons. The Balaban J connectivity index is 1.63. The number of thiophene rings is 1. The molecule has 1 unspecified atom stereocenters. The standard InChI is InChI=1S/C19H21N3O3S/c1-13(2)17(14-7-4-3-5-8-14)20-16(23)10-11-22-19(24)25-18(21-22)15-9-6-12-26-15/h3-9,12-13,17H,10-11H2,1-2H3,(H,20,23). The van der Waals surface area contributed by atoms with E-state index in [0.29, 0.717) is 0 Å². The molecule has 7 heteroatoms. The summed E-state index contributed by atoms with van der Waals surface area (Å²) in [5.74, 6) is -0.138. The predicted molar refractivity (Wildman–Crippen MR) is 101 cm³/mol. The zero-order valence-corrected chi connectivity index (χ0v) is 15.5. The van der Waals surface area contributed by atoms with Gasteiger partial charge in [0.25, 0.3) is 5.89 Å². The molecule has 0 spiro atoms. The Hall–Kier alpha value is -2.67. The first kappa shape index (κ1) is 18.1. The van der Waals surface area contributed by atoms with Crippen molar-refractivity contribution >= 4 is 17.2 Å². The molecule has 0 aliphatic rings. The highest BCUT2D eigenvalue weighted by Crippen LogP contribution is 2.22. The van der Waals surface area contributed by atoms with E-state index in [0.717, 1.165) is 10.4 Å². The second kappa shape index (κ2) is 8.14. The molecule has 0 bridgehead atoms. The van der Waals surface area contributed by atoms with E-state index in [1.54, 1.807) is 0 Å². The average Bonchev–Trinajstić information content (AvgIpc) is 3.28. The second-order valence-electron chi connectivity index (χ2n) is 6.32. The smallest absolute Gasteiger partial charge is 0.387 e. The summed E-state index contributed by atoms with van der Waals surface area (Å²) < 4.78 is 6.35. The van der Waals surface area contributed by atoms with Gasteiger partial charge in [0.1, 0.15) is 0 Å². The SMILES string of the molecule is CC(C)C(NC(=O)CCn1nc(-c2cccs2)oc1=O)c1ccccc1. The summed E-state index contributed by atoms with van der Waals surface area (Å²) in [6.07, 6.45) is 0.159. The summed E-state index contributed by atoms with van der Waals surface area (Å²) in [6.45, 7) is 4.31. The van der Waals surface area contributed by atoms with Crippen LogP contribution in [0.3, 0.4) is 0 Å². The van der Waals surface area contributed by atoms with Gasteiger partial charge in [-0.1, -0.05) is 50.2 Å². The van der Waals surface area contributed by atoms with E-state index in [1.807, 2.05) is 47.8 Å². The van der Waals surface area contributed by atoms with Crippen molar-refractivity contribution in [3.05, 3.63) is 64.0 Å². The van der Waals surface area contributed by atoms with E-state index < -0.39 is 5.76 Å². The van der Waals surface area contributed by atoms with E-state index in [4.69, 9.17) is 4.42 Å². The lowest BCUT2D eigenvalue weighted by Gasteiger charge is -2.23. The van der Waals surface area contributed by atoms with Gasteiger partial charge < -0.3 is 9.73 Å². The van der Waals surface area contributed by atoms with Crippen LogP contribution in [0.5, 0.6) is 0 Å². The summed E-state index contributed by atoms with van der Waals surface area (Å²) in [6, 6.07) is 13.5. The van der Waals surface area contributed by atoms with Gasteiger partial charge >= 0.3 is 5.76 Å². The van der Waals surface area contributed by atoms with Crippen LogP contribution in [-0.4, -0.2) is 15.7 Å². The molecule has 1 amide bonds. The molecule has 1 aromatic carbocycles. The summed E-state index contributed by atoms with van der Waals surface area (Å²) in [4.78, 5) is 25.1. The molecule has 0 saturated carbocycles. The molecule has 0 aliphatic heterocycles. The number of nitrogens with one attached hydrogen (secondary N) is 1. The molecule has 1 N–H and O–H groups in total. The fourth-order valence-corrected chi connectivity index (χ4v) is 3.34. The zero-order valence-electron chi connectivity index (χ0n) is 14.7. The van der Waals surface area contributed by atoms with E-state index in [2.05, 4.69) is 24.3 Å². The van der Waals surface area contributed by atoms with Crippen molar-refractivity contribution in [3.63, 3.8) is 0 Å². The van der Waals surface area contributed by atoms with Crippen LogP contribution in [0.25, 0.3) is 10.8 Å². The van der Waals surface area contributed by atoms with Crippen molar-refractivity contribution in [2.75, 3.05) is 0 Å². The first-order valence-electron chi connectivity index (χ1n) is 8.50. The number of benzene rings is 1. The minimum atomic E-state index is -0.551. The molecule has 6 nitrogen and oxygen atoms in total. The Morgan fingerprint density at radius 2 is 2.00 bits per heavy atom. The Labute approximate surface area is 155 Å². The highest BCUT2D eigenvalue weighted by Gasteiger charge is 2.19. The largest absolute Gasteiger partial charge is 0.437 e. The van der Waals surface area contributed by atoms with Gasteiger partial charge in [-0.2, -0.15) is 4.68 Å². The number of nitrogens with zero attached hydrogens (tertiary/aromatic N) is 2. The van der Waals surface area contributed by atoms with Crippen molar-refractivity contribution < 1.29 is 9.21 Å². The topological polar surface area (TPSA) is 77.1 Å². The number of hydrogen-bond donors (Lipinski definition) is 1. The summed E-state index contributed by atoms with van der Waals surface area (Å²) in [7, 11) is 0. The molecular formula is C19H21N3O3S. The van der Waals surface area contributed by atoms with Gasteiger partial charge in [0.15, 0.2) is 0 Å². The van der Waals surface area contributed by atoms with Crippen LogP contribution in [-0.2, 0) is 11.3 Å². The quantitative estimate of drug-likeness (QED) is 0.690.